The summed E-state index contributed by atoms with van der Waals surface area (Å²) in [6, 6.07) is 3.41. The number of carbonyl (C=O) groups is 3. The fourth-order valence-electron chi connectivity index (χ4n) is 3.80. The van der Waals surface area contributed by atoms with Gasteiger partial charge in [-0.05, 0) is 37.0 Å². The predicted molar refractivity (Wildman–Crippen MR) is 121 cm³/mol. The van der Waals surface area contributed by atoms with Crippen LogP contribution >= 0.6 is 0 Å². The number of rotatable bonds is 17. The third-order valence-corrected chi connectivity index (χ3v) is 5.64. The molecule has 1 aromatic carbocycles. The molecule has 6 heteroatoms. The molecule has 31 heavy (non-hydrogen) atoms. The number of hydrogen-bond donors (Lipinski definition) is 2. The first-order valence-electron chi connectivity index (χ1n) is 11.7. The summed E-state index contributed by atoms with van der Waals surface area (Å²) >= 11 is 0. The Kier molecular flexibility index (Phi) is 13.3. The van der Waals surface area contributed by atoms with Gasteiger partial charge in [-0.1, -0.05) is 78.1 Å². The van der Waals surface area contributed by atoms with Crippen LogP contribution in [0.3, 0.4) is 0 Å². The monoisotopic (exact) mass is 434 g/mol. The molecule has 0 radical (unpaired) electrons. The number of carboxylic acids is 2. The zero-order valence-electron chi connectivity index (χ0n) is 19.0. The van der Waals surface area contributed by atoms with E-state index in [1.54, 1.807) is 0 Å². The van der Waals surface area contributed by atoms with Gasteiger partial charge >= 0.3 is 17.9 Å². The van der Waals surface area contributed by atoms with E-state index in [9.17, 15) is 19.5 Å². The SMILES string of the molecule is CCCCCCC(CCCCCC)CCCOC(=O)c1ccc(C(=O)O)cc1C(=O)O. The van der Waals surface area contributed by atoms with Crippen molar-refractivity contribution in [2.75, 3.05) is 6.61 Å². The summed E-state index contributed by atoms with van der Waals surface area (Å²) in [5, 5.41) is 18.3. The van der Waals surface area contributed by atoms with Gasteiger partial charge in [0.05, 0.1) is 23.3 Å². The Morgan fingerprint density at radius 2 is 1.35 bits per heavy atom. The number of esters is 1. The molecule has 0 heterocycles. The average Bonchev–Trinajstić information content (AvgIpc) is 2.75. The highest BCUT2D eigenvalue weighted by Gasteiger charge is 2.20. The van der Waals surface area contributed by atoms with E-state index in [1.165, 1.54) is 76.3 Å². The molecule has 0 unspecified atom stereocenters. The Labute approximate surface area is 186 Å². The summed E-state index contributed by atoms with van der Waals surface area (Å²) in [6.07, 6.45) is 14.2. The fourth-order valence-corrected chi connectivity index (χ4v) is 3.80. The lowest BCUT2D eigenvalue weighted by Gasteiger charge is -2.17. The third kappa shape index (κ3) is 10.5. The summed E-state index contributed by atoms with van der Waals surface area (Å²) in [7, 11) is 0. The van der Waals surface area contributed by atoms with E-state index in [-0.39, 0.29) is 23.3 Å². The van der Waals surface area contributed by atoms with E-state index in [2.05, 4.69) is 13.8 Å². The number of hydrogen-bond acceptors (Lipinski definition) is 4. The van der Waals surface area contributed by atoms with Crippen LogP contribution in [0.1, 0.15) is 122 Å². The lowest BCUT2D eigenvalue weighted by atomic mass is 9.90. The molecule has 0 bridgehead atoms. The quantitative estimate of drug-likeness (QED) is 0.212. The number of aromatic carboxylic acids is 2. The summed E-state index contributed by atoms with van der Waals surface area (Å²) in [5.41, 5.74) is -0.647. The van der Waals surface area contributed by atoms with Crippen LogP contribution in [0.4, 0.5) is 0 Å². The van der Waals surface area contributed by atoms with Crippen molar-refractivity contribution < 1.29 is 29.3 Å². The van der Waals surface area contributed by atoms with Gasteiger partial charge in [0.15, 0.2) is 0 Å². The maximum absolute atomic E-state index is 12.4. The molecule has 0 aromatic heterocycles. The summed E-state index contributed by atoms with van der Waals surface area (Å²) in [6.45, 7) is 4.65. The molecule has 6 nitrogen and oxygen atoms in total. The maximum Gasteiger partial charge on any atom is 0.339 e. The Morgan fingerprint density at radius 3 is 1.87 bits per heavy atom. The molecular weight excluding hydrogens is 396 g/mol. The summed E-state index contributed by atoms with van der Waals surface area (Å²) in [4.78, 5) is 34.8. The van der Waals surface area contributed by atoms with Crippen LogP contribution < -0.4 is 0 Å². The molecule has 0 atom stereocenters. The Balaban J connectivity index is 2.55. The molecule has 0 amide bonds. The van der Waals surface area contributed by atoms with Gasteiger partial charge in [0.2, 0.25) is 0 Å². The van der Waals surface area contributed by atoms with Crippen LogP contribution in [0.25, 0.3) is 0 Å². The first-order valence-corrected chi connectivity index (χ1v) is 11.7. The van der Waals surface area contributed by atoms with Crippen LogP contribution in [0.5, 0.6) is 0 Å². The Bertz CT molecular complexity index is 685. The summed E-state index contributed by atoms with van der Waals surface area (Å²) in [5.74, 6) is -2.69. The standard InChI is InChI=1S/C25H38O6/c1-3-5-7-9-12-19(13-10-8-6-4-2)14-11-17-31-25(30)21-16-15-20(23(26)27)18-22(21)24(28)29/h15-16,18-19H,3-14,17H2,1-2H3,(H,26,27)(H,28,29). The van der Waals surface area contributed by atoms with Crippen LogP contribution in [-0.4, -0.2) is 34.7 Å². The van der Waals surface area contributed by atoms with Gasteiger partial charge in [-0.25, -0.2) is 14.4 Å². The lowest BCUT2D eigenvalue weighted by Crippen LogP contribution is -2.14. The minimum Gasteiger partial charge on any atom is -0.478 e. The summed E-state index contributed by atoms with van der Waals surface area (Å²) < 4.78 is 5.31. The maximum atomic E-state index is 12.4. The molecule has 0 saturated carbocycles. The van der Waals surface area contributed by atoms with E-state index in [4.69, 9.17) is 9.84 Å². The molecule has 0 fully saturated rings. The van der Waals surface area contributed by atoms with Crippen molar-refractivity contribution in [3.63, 3.8) is 0 Å². The zero-order chi connectivity index (χ0) is 23.1. The van der Waals surface area contributed by atoms with Gasteiger partial charge in [0.25, 0.3) is 0 Å². The minimum atomic E-state index is -1.35. The number of ether oxygens (including phenoxy) is 1. The first kappa shape index (κ1) is 26.7. The molecule has 2 N–H and O–H groups in total. The molecule has 0 aliphatic carbocycles. The largest absolute Gasteiger partial charge is 0.478 e. The van der Waals surface area contributed by atoms with Crippen LogP contribution in [0.2, 0.25) is 0 Å². The second kappa shape index (κ2) is 15.4. The van der Waals surface area contributed by atoms with Gasteiger partial charge in [-0.2, -0.15) is 0 Å². The fraction of sp³-hybridized carbons (Fsp3) is 0.640. The molecule has 0 aliphatic heterocycles. The van der Waals surface area contributed by atoms with Crippen molar-refractivity contribution in [3.05, 3.63) is 34.9 Å². The Hall–Kier alpha value is -2.37. The van der Waals surface area contributed by atoms with E-state index in [0.717, 1.165) is 18.9 Å². The zero-order valence-corrected chi connectivity index (χ0v) is 19.0. The van der Waals surface area contributed by atoms with E-state index in [1.807, 2.05) is 0 Å². The van der Waals surface area contributed by atoms with Crippen LogP contribution in [0.15, 0.2) is 18.2 Å². The smallest absolute Gasteiger partial charge is 0.339 e. The number of unbranched alkanes of at least 4 members (excludes halogenated alkanes) is 6. The highest BCUT2D eigenvalue weighted by atomic mass is 16.5. The van der Waals surface area contributed by atoms with Crippen molar-refractivity contribution in [2.45, 2.75) is 90.9 Å². The van der Waals surface area contributed by atoms with Gasteiger partial charge < -0.3 is 14.9 Å². The highest BCUT2D eigenvalue weighted by Crippen LogP contribution is 2.23. The van der Waals surface area contributed by atoms with Crippen LogP contribution in [-0.2, 0) is 4.74 Å². The minimum absolute atomic E-state index is 0.117. The first-order chi connectivity index (χ1) is 14.9. The highest BCUT2D eigenvalue weighted by molar-refractivity contribution is 6.04. The topological polar surface area (TPSA) is 101 Å². The second-order valence-corrected chi connectivity index (χ2v) is 8.21. The molecule has 1 aromatic rings. The number of benzene rings is 1. The normalized spacial score (nSPS) is 10.9. The lowest BCUT2D eigenvalue weighted by molar-refractivity contribution is 0.0481. The van der Waals surface area contributed by atoms with E-state index in [0.29, 0.717) is 5.92 Å². The molecule has 0 saturated heterocycles. The van der Waals surface area contributed by atoms with E-state index >= 15 is 0 Å². The van der Waals surface area contributed by atoms with Gasteiger partial charge in [0, 0.05) is 0 Å². The predicted octanol–water partition coefficient (Wildman–Crippen LogP) is 6.58. The average molecular weight is 435 g/mol. The van der Waals surface area contributed by atoms with Gasteiger partial charge in [-0.15, -0.1) is 0 Å². The van der Waals surface area contributed by atoms with Crippen molar-refractivity contribution in [3.8, 4) is 0 Å². The van der Waals surface area contributed by atoms with E-state index < -0.39 is 17.9 Å². The third-order valence-electron chi connectivity index (χ3n) is 5.64. The molecule has 0 aliphatic rings. The van der Waals surface area contributed by atoms with Crippen molar-refractivity contribution in [1.29, 1.82) is 0 Å². The molecular formula is C25H38O6. The second-order valence-electron chi connectivity index (χ2n) is 8.21. The molecule has 0 spiro atoms. The van der Waals surface area contributed by atoms with Crippen LogP contribution in [0, 0.1) is 5.92 Å². The Morgan fingerprint density at radius 1 is 0.774 bits per heavy atom. The molecule has 1 rings (SSSR count). The molecule has 174 valence electrons. The number of carbonyl (C=O) groups excluding carboxylic acids is 1. The van der Waals surface area contributed by atoms with Gasteiger partial charge in [0.1, 0.15) is 0 Å². The van der Waals surface area contributed by atoms with Gasteiger partial charge in [-0.3, -0.25) is 0 Å². The number of carboxylic acid groups (broad SMARTS) is 2. The van der Waals surface area contributed by atoms with Crippen molar-refractivity contribution >= 4 is 17.9 Å². The van der Waals surface area contributed by atoms with Crippen molar-refractivity contribution in [1.82, 2.24) is 0 Å². The van der Waals surface area contributed by atoms with Crippen molar-refractivity contribution in [2.24, 2.45) is 5.92 Å².